The lowest BCUT2D eigenvalue weighted by Crippen LogP contribution is -2.49. The molecule has 1 saturated heterocycles. The van der Waals surface area contributed by atoms with Crippen molar-refractivity contribution in [2.24, 2.45) is 0 Å². The summed E-state index contributed by atoms with van der Waals surface area (Å²) in [7, 11) is 0. The number of hydrogen-bond donors (Lipinski definition) is 4. The molecule has 37 heavy (non-hydrogen) atoms. The first-order valence-electron chi connectivity index (χ1n) is 13.9. The molecule has 2 fully saturated rings. The largest absolute Gasteiger partial charge is 0.387 e. The third-order valence-corrected chi connectivity index (χ3v) is 7.30. The molecule has 4 rings (SSSR count). The first-order chi connectivity index (χ1) is 18.1. The molecule has 4 N–H and O–H groups in total. The number of aryl methyl sites for hydroxylation is 1. The molecule has 2 aromatic rings. The Morgan fingerprint density at radius 3 is 2.38 bits per heavy atom. The topological polar surface area (TPSA) is 106 Å². The molecule has 2 aliphatic rings. The van der Waals surface area contributed by atoms with Gasteiger partial charge in [-0.15, -0.1) is 0 Å². The minimum absolute atomic E-state index is 0.218. The maximum Gasteiger partial charge on any atom is 0.248 e. The molecule has 1 amide bonds. The van der Waals surface area contributed by atoms with Gasteiger partial charge in [0.2, 0.25) is 11.9 Å². The zero-order valence-electron chi connectivity index (χ0n) is 22.2. The van der Waals surface area contributed by atoms with E-state index >= 15 is 0 Å². The molecule has 2 heterocycles. The summed E-state index contributed by atoms with van der Waals surface area (Å²) < 4.78 is 0. The van der Waals surface area contributed by atoms with Crippen LogP contribution in [-0.4, -0.2) is 77.8 Å². The molecule has 0 unspecified atom stereocenters. The van der Waals surface area contributed by atoms with Crippen molar-refractivity contribution in [3.8, 4) is 0 Å². The number of carbonyl (C=O) groups is 1. The molecule has 202 valence electrons. The van der Waals surface area contributed by atoms with Crippen LogP contribution in [0.2, 0.25) is 0 Å². The molecule has 1 saturated carbocycles. The van der Waals surface area contributed by atoms with E-state index in [1.165, 1.54) is 43.2 Å². The van der Waals surface area contributed by atoms with Crippen molar-refractivity contribution in [1.82, 2.24) is 25.5 Å². The van der Waals surface area contributed by atoms with Gasteiger partial charge >= 0.3 is 0 Å². The van der Waals surface area contributed by atoms with E-state index in [0.29, 0.717) is 38.7 Å². The standard InChI is InChI=1S/C28H43N7O2/c1-22-18-26(34-14-16-35(17-15-34)27(37)21-36)33-28(32-22)31-20-24-10-8-23(9-11-24)19-29-12-5-13-30-25-6-3-2-4-7-25/h8-11,18,25,29-30,36H,2-7,12-17,19-21H2,1H3,(H,31,32,33). The van der Waals surface area contributed by atoms with Crippen LogP contribution in [0, 0.1) is 6.92 Å². The number of nitrogens with one attached hydrogen (secondary N) is 3. The number of aliphatic hydroxyl groups is 1. The highest BCUT2D eigenvalue weighted by Gasteiger charge is 2.22. The number of piperazine rings is 1. The van der Waals surface area contributed by atoms with Gasteiger partial charge in [0.05, 0.1) is 0 Å². The van der Waals surface area contributed by atoms with Crippen molar-refractivity contribution in [3.05, 3.63) is 47.2 Å². The van der Waals surface area contributed by atoms with Crippen molar-refractivity contribution < 1.29 is 9.90 Å². The van der Waals surface area contributed by atoms with Gasteiger partial charge in [0.25, 0.3) is 0 Å². The number of aromatic nitrogens is 2. The molecule has 1 aliphatic carbocycles. The van der Waals surface area contributed by atoms with Gasteiger partial charge in [0.15, 0.2) is 0 Å². The van der Waals surface area contributed by atoms with Crippen LogP contribution in [0.5, 0.6) is 0 Å². The van der Waals surface area contributed by atoms with Crippen LogP contribution in [0.1, 0.15) is 55.3 Å². The van der Waals surface area contributed by atoms with Crippen molar-refractivity contribution in [2.45, 2.75) is 64.6 Å². The van der Waals surface area contributed by atoms with E-state index in [-0.39, 0.29) is 5.91 Å². The van der Waals surface area contributed by atoms with Crippen molar-refractivity contribution in [3.63, 3.8) is 0 Å². The zero-order chi connectivity index (χ0) is 25.9. The van der Waals surface area contributed by atoms with Crippen LogP contribution in [0.4, 0.5) is 11.8 Å². The third kappa shape index (κ3) is 8.66. The first-order valence-corrected chi connectivity index (χ1v) is 13.9. The number of anilines is 2. The number of rotatable bonds is 12. The highest BCUT2D eigenvalue weighted by atomic mass is 16.3. The number of amides is 1. The second-order valence-electron chi connectivity index (χ2n) is 10.2. The van der Waals surface area contributed by atoms with E-state index in [1.807, 2.05) is 13.0 Å². The van der Waals surface area contributed by atoms with E-state index in [4.69, 9.17) is 10.1 Å². The van der Waals surface area contributed by atoms with E-state index in [2.05, 4.69) is 50.1 Å². The summed E-state index contributed by atoms with van der Waals surface area (Å²) in [4.78, 5) is 24.8. The summed E-state index contributed by atoms with van der Waals surface area (Å²) in [5, 5.41) is 19.7. The summed E-state index contributed by atoms with van der Waals surface area (Å²) in [6.45, 7) is 7.76. The summed E-state index contributed by atoms with van der Waals surface area (Å²) in [6, 6.07) is 11.4. The average Bonchev–Trinajstić information content (AvgIpc) is 2.94. The number of aliphatic hydroxyl groups excluding tert-OH is 1. The van der Waals surface area contributed by atoms with E-state index in [1.54, 1.807) is 4.90 Å². The Morgan fingerprint density at radius 2 is 1.68 bits per heavy atom. The van der Waals surface area contributed by atoms with Gasteiger partial charge in [0, 0.05) is 57.1 Å². The normalized spacial score (nSPS) is 16.7. The van der Waals surface area contributed by atoms with Gasteiger partial charge in [0.1, 0.15) is 12.4 Å². The Balaban J connectivity index is 1.17. The van der Waals surface area contributed by atoms with Gasteiger partial charge in [-0.3, -0.25) is 4.79 Å². The minimum Gasteiger partial charge on any atom is -0.387 e. The molecule has 1 aromatic heterocycles. The molecule has 9 heteroatoms. The minimum atomic E-state index is -0.434. The molecular formula is C28H43N7O2. The van der Waals surface area contributed by atoms with Crippen LogP contribution in [0.25, 0.3) is 0 Å². The molecule has 1 aromatic carbocycles. The summed E-state index contributed by atoms with van der Waals surface area (Å²) >= 11 is 0. The molecule has 0 spiro atoms. The maximum absolute atomic E-state index is 11.7. The summed E-state index contributed by atoms with van der Waals surface area (Å²) in [5.74, 6) is 1.25. The van der Waals surface area contributed by atoms with E-state index in [0.717, 1.165) is 43.6 Å². The lowest BCUT2D eigenvalue weighted by atomic mass is 9.95. The highest BCUT2D eigenvalue weighted by molar-refractivity contribution is 5.77. The van der Waals surface area contributed by atoms with Gasteiger partial charge in [-0.1, -0.05) is 43.5 Å². The van der Waals surface area contributed by atoms with Crippen LogP contribution in [-0.2, 0) is 17.9 Å². The molecular weight excluding hydrogens is 466 g/mol. The predicted molar refractivity (Wildman–Crippen MR) is 148 cm³/mol. The quantitative estimate of drug-likeness (QED) is 0.324. The lowest BCUT2D eigenvalue weighted by Gasteiger charge is -2.35. The Hall–Kier alpha value is -2.75. The number of carbonyl (C=O) groups excluding carboxylic acids is 1. The molecule has 9 nitrogen and oxygen atoms in total. The van der Waals surface area contributed by atoms with Gasteiger partial charge in [-0.25, -0.2) is 4.98 Å². The molecule has 0 bridgehead atoms. The Morgan fingerprint density at radius 1 is 0.973 bits per heavy atom. The number of benzene rings is 1. The van der Waals surface area contributed by atoms with Crippen LogP contribution in [0.15, 0.2) is 30.3 Å². The average molecular weight is 510 g/mol. The smallest absolute Gasteiger partial charge is 0.248 e. The van der Waals surface area contributed by atoms with Crippen molar-refractivity contribution >= 4 is 17.7 Å². The zero-order valence-corrected chi connectivity index (χ0v) is 22.2. The lowest BCUT2D eigenvalue weighted by molar-refractivity contribution is -0.134. The SMILES string of the molecule is Cc1cc(N2CCN(C(=O)CO)CC2)nc(NCc2ccc(CNCCCNC3CCCCC3)cc2)n1. The van der Waals surface area contributed by atoms with E-state index < -0.39 is 6.61 Å². The monoisotopic (exact) mass is 509 g/mol. The van der Waals surface area contributed by atoms with Crippen LogP contribution >= 0.6 is 0 Å². The summed E-state index contributed by atoms with van der Waals surface area (Å²) in [6.07, 6.45) is 8.03. The number of hydrogen-bond acceptors (Lipinski definition) is 8. The Labute approximate surface area is 221 Å². The van der Waals surface area contributed by atoms with Gasteiger partial charge in [-0.05, 0) is 50.4 Å². The predicted octanol–water partition coefficient (Wildman–Crippen LogP) is 2.44. The molecule has 0 atom stereocenters. The maximum atomic E-state index is 11.7. The van der Waals surface area contributed by atoms with E-state index in [9.17, 15) is 4.79 Å². The van der Waals surface area contributed by atoms with Crippen LogP contribution < -0.4 is 20.9 Å². The fourth-order valence-corrected chi connectivity index (χ4v) is 5.09. The summed E-state index contributed by atoms with van der Waals surface area (Å²) in [5.41, 5.74) is 3.37. The fraction of sp³-hybridized carbons (Fsp3) is 0.607. The van der Waals surface area contributed by atoms with Crippen molar-refractivity contribution in [2.75, 3.05) is 56.1 Å². The fourth-order valence-electron chi connectivity index (χ4n) is 5.09. The molecule has 1 aliphatic heterocycles. The second-order valence-corrected chi connectivity index (χ2v) is 10.2. The molecule has 0 radical (unpaired) electrons. The highest BCUT2D eigenvalue weighted by Crippen LogP contribution is 2.18. The van der Waals surface area contributed by atoms with Crippen LogP contribution in [0.3, 0.4) is 0 Å². The second kappa shape index (κ2) is 14.3. The first kappa shape index (κ1) is 27.3. The Kier molecular flexibility index (Phi) is 10.5. The third-order valence-electron chi connectivity index (χ3n) is 7.30. The van der Waals surface area contributed by atoms with Gasteiger partial charge < -0.3 is 30.9 Å². The van der Waals surface area contributed by atoms with Crippen molar-refractivity contribution in [1.29, 1.82) is 0 Å². The van der Waals surface area contributed by atoms with Gasteiger partial charge in [-0.2, -0.15) is 4.98 Å². The Bertz CT molecular complexity index is 971. The number of nitrogens with zero attached hydrogens (tertiary/aromatic N) is 4.